The highest BCUT2D eigenvalue weighted by Gasteiger charge is 2.27. The molecule has 0 heterocycles. The van der Waals surface area contributed by atoms with Crippen LogP contribution in [-0.4, -0.2) is 17.9 Å². The summed E-state index contributed by atoms with van der Waals surface area (Å²) >= 11 is 0. The summed E-state index contributed by atoms with van der Waals surface area (Å²) in [7, 11) is 0. The molecule has 0 aliphatic carbocycles. The predicted molar refractivity (Wildman–Crippen MR) is 96.8 cm³/mol. The summed E-state index contributed by atoms with van der Waals surface area (Å²) in [4.78, 5) is 24.8. The Morgan fingerprint density at radius 1 is 1.07 bits per heavy atom. The van der Waals surface area contributed by atoms with Crippen LogP contribution in [0.3, 0.4) is 0 Å². The number of carbonyl (C=O) groups is 2. The number of benzene rings is 2. The fourth-order valence-electron chi connectivity index (χ4n) is 2.48. The maximum absolute atomic E-state index is 13.8. The van der Waals surface area contributed by atoms with E-state index < -0.39 is 35.1 Å². The van der Waals surface area contributed by atoms with Crippen molar-refractivity contribution in [2.24, 2.45) is 5.92 Å². The summed E-state index contributed by atoms with van der Waals surface area (Å²) in [6.07, 6.45) is 0.257. The molecule has 0 radical (unpaired) electrons. The van der Waals surface area contributed by atoms with Gasteiger partial charge in [-0.05, 0) is 35.7 Å². The highest BCUT2D eigenvalue weighted by Crippen LogP contribution is 2.15. The Morgan fingerprint density at radius 3 is 2.19 bits per heavy atom. The summed E-state index contributed by atoms with van der Waals surface area (Å²) in [6, 6.07) is 10.8. The van der Waals surface area contributed by atoms with E-state index >= 15 is 0 Å². The van der Waals surface area contributed by atoms with Crippen molar-refractivity contribution in [1.82, 2.24) is 5.32 Å². The van der Waals surface area contributed by atoms with Gasteiger partial charge in [0.15, 0.2) is 0 Å². The molecule has 0 bridgehead atoms. The Kier molecular flexibility index (Phi) is 6.61. The molecule has 27 heavy (non-hydrogen) atoms. The van der Waals surface area contributed by atoms with E-state index in [2.05, 4.69) is 10.6 Å². The standard InChI is InChI=1S/C20H19F2N3O2/c1-12(2)18(25-19(26)17-15(21)4-3-5-16(17)22)20(27)24-14-8-6-13(7-9-14)10-11-23/h3-9,12,18H,10H2,1-2H3,(H,24,27)(H,25,26). The molecule has 0 spiro atoms. The van der Waals surface area contributed by atoms with Crippen molar-refractivity contribution in [3.63, 3.8) is 0 Å². The number of hydrogen-bond acceptors (Lipinski definition) is 3. The number of carbonyl (C=O) groups excluding carboxylic acids is 2. The molecule has 1 unspecified atom stereocenters. The molecule has 2 rings (SSSR count). The summed E-state index contributed by atoms with van der Waals surface area (Å²) < 4.78 is 27.6. The van der Waals surface area contributed by atoms with E-state index in [9.17, 15) is 18.4 Å². The van der Waals surface area contributed by atoms with Crippen LogP contribution in [0.2, 0.25) is 0 Å². The minimum absolute atomic E-state index is 0.257. The summed E-state index contributed by atoms with van der Waals surface area (Å²) in [5.41, 5.74) is 0.565. The fraction of sp³-hybridized carbons (Fsp3) is 0.250. The first-order valence-electron chi connectivity index (χ1n) is 8.35. The predicted octanol–water partition coefficient (Wildman–Crippen LogP) is 3.42. The first-order valence-corrected chi connectivity index (χ1v) is 8.35. The highest BCUT2D eigenvalue weighted by atomic mass is 19.1. The van der Waals surface area contributed by atoms with Crippen LogP contribution < -0.4 is 10.6 Å². The quantitative estimate of drug-likeness (QED) is 0.816. The molecule has 5 nitrogen and oxygen atoms in total. The summed E-state index contributed by atoms with van der Waals surface area (Å²) in [6.45, 7) is 3.41. The molecule has 1 atom stereocenters. The lowest BCUT2D eigenvalue weighted by Crippen LogP contribution is -2.47. The SMILES string of the molecule is CC(C)C(NC(=O)c1c(F)cccc1F)C(=O)Nc1ccc(CC#N)cc1. The summed E-state index contributed by atoms with van der Waals surface area (Å²) in [5, 5.41) is 13.7. The molecule has 0 aliphatic rings. The van der Waals surface area contributed by atoms with Crippen molar-refractivity contribution >= 4 is 17.5 Å². The third kappa shape index (κ3) is 5.11. The van der Waals surface area contributed by atoms with E-state index in [-0.39, 0.29) is 12.3 Å². The Balaban J connectivity index is 2.13. The second-order valence-electron chi connectivity index (χ2n) is 6.31. The molecule has 2 N–H and O–H groups in total. The van der Waals surface area contributed by atoms with Gasteiger partial charge in [-0.3, -0.25) is 9.59 Å². The van der Waals surface area contributed by atoms with Gasteiger partial charge in [0.05, 0.1) is 12.5 Å². The number of nitriles is 1. The number of nitrogens with one attached hydrogen (secondary N) is 2. The van der Waals surface area contributed by atoms with Gasteiger partial charge in [0.2, 0.25) is 5.91 Å². The van der Waals surface area contributed by atoms with Gasteiger partial charge in [-0.15, -0.1) is 0 Å². The number of amides is 2. The van der Waals surface area contributed by atoms with Crippen molar-refractivity contribution in [2.45, 2.75) is 26.3 Å². The number of anilines is 1. The molecular weight excluding hydrogens is 352 g/mol. The van der Waals surface area contributed by atoms with Gasteiger partial charge in [0, 0.05) is 5.69 Å². The molecule has 7 heteroatoms. The molecular formula is C20H19F2N3O2. The van der Waals surface area contributed by atoms with Crippen LogP contribution in [0.4, 0.5) is 14.5 Å². The Morgan fingerprint density at radius 2 is 1.67 bits per heavy atom. The second kappa shape index (κ2) is 8.90. The van der Waals surface area contributed by atoms with Crippen LogP contribution >= 0.6 is 0 Å². The molecule has 2 aromatic rings. The van der Waals surface area contributed by atoms with Gasteiger partial charge in [0.25, 0.3) is 5.91 Å². The van der Waals surface area contributed by atoms with E-state index in [1.165, 1.54) is 0 Å². The van der Waals surface area contributed by atoms with Gasteiger partial charge >= 0.3 is 0 Å². The van der Waals surface area contributed by atoms with Crippen LogP contribution in [0.1, 0.15) is 29.8 Å². The molecule has 0 saturated heterocycles. The number of nitrogens with zero attached hydrogens (tertiary/aromatic N) is 1. The van der Waals surface area contributed by atoms with Crippen LogP contribution in [0.5, 0.6) is 0 Å². The molecule has 0 aromatic heterocycles. The molecule has 2 aromatic carbocycles. The Bertz CT molecular complexity index is 854. The van der Waals surface area contributed by atoms with Gasteiger partial charge in [0.1, 0.15) is 23.2 Å². The minimum atomic E-state index is -0.997. The van der Waals surface area contributed by atoms with Crippen LogP contribution in [0, 0.1) is 28.9 Å². The second-order valence-corrected chi connectivity index (χ2v) is 6.31. The van der Waals surface area contributed by atoms with Crippen LogP contribution in [0.15, 0.2) is 42.5 Å². The maximum atomic E-state index is 13.8. The normalized spacial score (nSPS) is 11.6. The molecule has 0 saturated carbocycles. The van der Waals surface area contributed by atoms with Crippen molar-refractivity contribution in [2.75, 3.05) is 5.32 Å². The number of hydrogen-bond donors (Lipinski definition) is 2. The summed E-state index contributed by atoms with van der Waals surface area (Å²) in [5.74, 6) is -3.82. The lowest BCUT2D eigenvalue weighted by Gasteiger charge is -2.22. The Hall–Kier alpha value is -3.27. The number of halogens is 2. The first-order chi connectivity index (χ1) is 12.8. The minimum Gasteiger partial charge on any atom is -0.340 e. The third-order valence-electron chi connectivity index (χ3n) is 3.93. The van der Waals surface area contributed by atoms with Crippen molar-refractivity contribution in [3.8, 4) is 6.07 Å². The molecule has 0 aliphatic heterocycles. The van der Waals surface area contributed by atoms with E-state index in [4.69, 9.17) is 5.26 Å². The van der Waals surface area contributed by atoms with Gasteiger partial charge in [-0.1, -0.05) is 32.0 Å². The zero-order valence-corrected chi connectivity index (χ0v) is 14.9. The van der Waals surface area contributed by atoms with Crippen LogP contribution in [-0.2, 0) is 11.2 Å². The number of rotatable bonds is 6. The average molecular weight is 371 g/mol. The largest absolute Gasteiger partial charge is 0.340 e. The van der Waals surface area contributed by atoms with E-state index in [1.807, 2.05) is 6.07 Å². The van der Waals surface area contributed by atoms with Gasteiger partial charge in [-0.25, -0.2) is 8.78 Å². The molecule has 0 fully saturated rings. The van der Waals surface area contributed by atoms with Crippen LogP contribution in [0.25, 0.3) is 0 Å². The van der Waals surface area contributed by atoms with Gasteiger partial charge < -0.3 is 10.6 Å². The smallest absolute Gasteiger partial charge is 0.257 e. The zero-order chi connectivity index (χ0) is 20.0. The lowest BCUT2D eigenvalue weighted by atomic mass is 10.0. The highest BCUT2D eigenvalue weighted by molar-refractivity contribution is 6.01. The lowest BCUT2D eigenvalue weighted by molar-refractivity contribution is -0.118. The molecule has 2 amide bonds. The third-order valence-corrected chi connectivity index (χ3v) is 3.93. The first kappa shape index (κ1) is 20.0. The monoisotopic (exact) mass is 371 g/mol. The Labute approximate surface area is 156 Å². The van der Waals surface area contributed by atoms with Gasteiger partial charge in [-0.2, -0.15) is 5.26 Å². The zero-order valence-electron chi connectivity index (χ0n) is 14.9. The van der Waals surface area contributed by atoms with Crippen molar-refractivity contribution in [1.29, 1.82) is 5.26 Å². The van der Waals surface area contributed by atoms with E-state index in [0.717, 1.165) is 23.8 Å². The van der Waals surface area contributed by atoms with Crippen molar-refractivity contribution < 1.29 is 18.4 Å². The van der Waals surface area contributed by atoms with Crippen molar-refractivity contribution in [3.05, 3.63) is 65.2 Å². The maximum Gasteiger partial charge on any atom is 0.257 e. The van der Waals surface area contributed by atoms with E-state index in [0.29, 0.717) is 5.69 Å². The van der Waals surface area contributed by atoms with E-state index in [1.54, 1.807) is 38.1 Å². The molecule has 140 valence electrons. The average Bonchev–Trinajstić information content (AvgIpc) is 2.61. The fourth-order valence-corrected chi connectivity index (χ4v) is 2.48. The topological polar surface area (TPSA) is 82.0 Å².